The highest BCUT2D eigenvalue weighted by molar-refractivity contribution is 9.10. The van der Waals surface area contributed by atoms with Crippen LogP contribution in [0.25, 0.3) is 20.8 Å². The lowest BCUT2D eigenvalue weighted by atomic mass is 10.1. The van der Waals surface area contributed by atoms with E-state index in [0.29, 0.717) is 11.3 Å². The van der Waals surface area contributed by atoms with Crippen molar-refractivity contribution >= 4 is 49.1 Å². The van der Waals surface area contributed by atoms with Crippen LogP contribution in [0.1, 0.15) is 29.8 Å². The van der Waals surface area contributed by atoms with Gasteiger partial charge >= 0.3 is 0 Å². The summed E-state index contributed by atoms with van der Waals surface area (Å²) in [6.45, 7) is 5.96. The Bertz CT molecular complexity index is 1220. The molecule has 0 saturated heterocycles. The second-order valence-corrected chi connectivity index (χ2v) is 9.28. The molecule has 1 heterocycles. The molecule has 4 aromatic rings. The van der Waals surface area contributed by atoms with Crippen LogP contribution >= 0.6 is 27.3 Å². The van der Waals surface area contributed by atoms with Crippen LogP contribution in [0.5, 0.6) is 5.75 Å². The molecule has 4 nitrogen and oxygen atoms in total. The van der Waals surface area contributed by atoms with Crippen LogP contribution in [0, 0.1) is 6.92 Å². The van der Waals surface area contributed by atoms with Crippen LogP contribution in [-0.4, -0.2) is 17.0 Å². The average molecular weight is 481 g/mol. The smallest absolute Gasteiger partial charge is 0.259 e. The summed E-state index contributed by atoms with van der Waals surface area (Å²) in [6.07, 6.45) is -0.0189. The molecule has 0 unspecified atom stereocenters. The van der Waals surface area contributed by atoms with Gasteiger partial charge in [0.1, 0.15) is 10.8 Å². The number of benzene rings is 3. The number of ether oxygens (including phenoxy) is 1. The third kappa shape index (κ3) is 4.55. The molecule has 1 aromatic heterocycles. The highest BCUT2D eigenvalue weighted by Gasteiger charge is 2.15. The summed E-state index contributed by atoms with van der Waals surface area (Å²) >= 11 is 5.10. The summed E-state index contributed by atoms with van der Waals surface area (Å²) in [6, 6.07) is 19.5. The molecule has 0 radical (unpaired) electrons. The van der Waals surface area contributed by atoms with E-state index in [1.54, 1.807) is 23.5 Å². The van der Waals surface area contributed by atoms with E-state index < -0.39 is 0 Å². The number of nitrogens with one attached hydrogen (secondary N) is 1. The number of thiazole rings is 1. The molecule has 4 rings (SSSR count). The Kier molecular flexibility index (Phi) is 5.88. The number of halogens is 1. The predicted molar refractivity (Wildman–Crippen MR) is 128 cm³/mol. The number of nitrogens with zero attached hydrogens (tertiary/aromatic N) is 1. The van der Waals surface area contributed by atoms with Crippen molar-refractivity contribution in [1.29, 1.82) is 0 Å². The van der Waals surface area contributed by atoms with Crippen molar-refractivity contribution in [3.63, 3.8) is 0 Å². The fraction of sp³-hybridized carbons (Fsp3) is 0.167. The largest absolute Gasteiger partial charge is 0.490 e. The lowest BCUT2D eigenvalue weighted by Gasteiger charge is -2.14. The molecule has 0 bridgehead atoms. The van der Waals surface area contributed by atoms with E-state index in [-0.39, 0.29) is 12.0 Å². The summed E-state index contributed by atoms with van der Waals surface area (Å²) in [5.74, 6) is 0.349. The van der Waals surface area contributed by atoms with Gasteiger partial charge in [-0.15, -0.1) is 11.3 Å². The van der Waals surface area contributed by atoms with E-state index >= 15 is 0 Å². The summed E-state index contributed by atoms with van der Waals surface area (Å²) in [5, 5.41) is 3.92. The van der Waals surface area contributed by atoms with Crippen LogP contribution in [0.3, 0.4) is 0 Å². The van der Waals surface area contributed by atoms with E-state index in [4.69, 9.17) is 9.72 Å². The minimum absolute atomic E-state index is 0.0189. The maximum absolute atomic E-state index is 12.9. The molecule has 0 saturated carbocycles. The Morgan fingerprint density at radius 3 is 2.57 bits per heavy atom. The first-order valence-corrected chi connectivity index (χ1v) is 11.3. The topological polar surface area (TPSA) is 51.2 Å². The van der Waals surface area contributed by atoms with Crippen molar-refractivity contribution in [2.45, 2.75) is 26.9 Å². The molecule has 30 heavy (non-hydrogen) atoms. The Balaban J connectivity index is 1.55. The molecular weight excluding hydrogens is 460 g/mol. The zero-order chi connectivity index (χ0) is 21.3. The normalized spacial score (nSPS) is 11.1. The monoisotopic (exact) mass is 480 g/mol. The summed E-state index contributed by atoms with van der Waals surface area (Å²) in [7, 11) is 0. The molecule has 0 spiro atoms. The third-order valence-corrected chi connectivity index (χ3v) is 6.04. The van der Waals surface area contributed by atoms with Gasteiger partial charge in [-0.05, 0) is 80.9 Å². The molecule has 152 valence electrons. The van der Waals surface area contributed by atoms with E-state index in [2.05, 4.69) is 40.3 Å². The van der Waals surface area contributed by atoms with Gasteiger partial charge in [0.25, 0.3) is 5.91 Å². The van der Waals surface area contributed by atoms with Crippen molar-refractivity contribution in [2.24, 2.45) is 0 Å². The van der Waals surface area contributed by atoms with Crippen molar-refractivity contribution in [3.8, 4) is 16.3 Å². The van der Waals surface area contributed by atoms with Crippen LogP contribution in [0.2, 0.25) is 0 Å². The summed E-state index contributed by atoms with van der Waals surface area (Å²) in [4.78, 5) is 17.6. The molecule has 0 aliphatic heterocycles. The summed E-state index contributed by atoms with van der Waals surface area (Å²) < 4.78 is 7.78. The van der Waals surface area contributed by atoms with Gasteiger partial charge in [0.05, 0.1) is 21.9 Å². The van der Waals surface area contributed by atoms with Gasteiger partial charge in [0.2, 0.25) is 0 Å². The van der Waals surface area contributed by atoms with Crippen molar-refractivity contribution in [1.82, 2.24) is 4.98 Å². The number of amides is 1. The molecule has 0 atom stereocenters. The fourth-order valence-electron chi connectivity index (χ4n) is 3.09. The van der Waals surface area contributed by atoms with Gasteiger partial charge in [-0.25, -0.2) is 4.98 Å². The fourth-order valence-corrected chi connectivity index (χ4v) is 4.52. The Hall–Kier alpha value is -2.70. The second kappa shape index (κ2) is 8.58. The Labute approximate surface area is 188 Å². The zero-order valence-electron chi connectivity index (χ0n) is 16.9. The SMILES string of the molecule is Cc1ccc2nc(-c3ccc(NC(=O)c4cc(Br)ccc4OC(C)C)cc3)sc2c1. The average Bonchev–Trinajstić information content (AvgIpc) is 3.12. The van der Waals surface area contributed by atoms with Crippen molar-refractivity contribution in [2.75, 3.05) is 5.32 Å². The maximum Gasteiger partial charge on any atom is 0.259 e. The first kappa shape index (κ1) is 20.6. The van der Waals surface area contributed by atoms with Gasteiger partial charge in [0, 0.05) is 15.7 Å². The number of hydrogen-bond acceptors (Lipinski definition) is 4. The number of fused-ring (bicyclic) bond motifs is 1. The van der Waals surface area contributed by atoms with Crippen molar-refractivity contribution < 1.29 is 9.53 Å². The summed E-state index contributed by atoms with van der Waals surface area (Å²) in [5.41, 5.74) is 4.47. The van der Waals surface area contributed by atoms with Crippen LogP contribution < -0.4 is 10.1 Å². The van der Waals surface area contributed by atoms with Crippen molar-refractivity contribution in [3.05, 3.63) is 76.3 Å². The van der Waals surface area contributed by atoms with E-state index in [1.165, 1.54) is 10.3 Å². The molecule has 6 heteroatoms. The third-order valence-electron chi connectivity index (χ3n) is 4.48. The van der Waals surface area contributed by atoms with Gasteiger partial charge < -0.3 is 10.1 Å². The molecule has 1 N–H and O–H groups in total. The second-order valence-electron chi connectivity index (χ2n) is 7.33. The van der Waals surface area contributed by atoms with Gasteiger partial charge in [0.15, 0.2) is 0 Å². The Morgan fingerprint density at radius 1 is 1.07 bits per heavy atom. The molecule has 3 aromatic carbocycles. The first-order valence-electron chi connectivity index (χ1n) is 9.64. The number of carbonyl (C=O) groups excluding carboxylic acids is 1. The number of rotatable bonds is 5. The van der Waals surface area contributed by atoms with Crippen LogP contribution in [0.4, 0.5) is 5.69 Å². The number of aromatic nitrogens is 1. The maximum atomic E-state index is 12.9. The number of anilines is 1. The first-order chi connectivity index (χ1) is 14.4. The molecule has 0 aliphatic rings. The van der Waals surface area contributed by atoms with Crippen LogP contribution in [0.15, 0.2) is 65.1 Å². The van der Waals surface area contributed by atoms with Gasteiger partial charge in [-0.3, -0.25) is 4.79 Å². The molecule has 0 aliphatic carbocycles. The molecule has 1 amide bonds. The minimum atomic E-state index is -0.213. The lowest BCUT2D eigenvalue weighted by Crippen LogP contribution is -2.15. The number of aryl methyl sites for hydroxylation is 1. The van der Waals surface area contributed by atoms with Crippen LogP contribution in [-0.2, 0) is 0 Å². The zero-order valence-corrected chi connectivity index (χ0v) is 19.3. The van der Waals surface area contributed by atoms with Gasteiger partial charge in [-0.2, -0.15) is 0 Å². The quantitative estimate of drug-likeness (QED) is 0.332. The minimum Gasteiger partial charge on any atom is -0.490 e. The van der Waals surface area contributed by atoms with E-state index in [0.717, 1.165) is 26.2 Å². The number of carbonyl (C=O) groups is 1. The standard InChI is InChI=1S/C24H21BrN2O2S/c1-14(2)29-21-11-7-17(25)13-19(21)23(28)26-18-8-5-16(6-9-18)24-27-20-10-4-15(3)12-22(20)30-24/h4-14H,1-3H3,(H,26,28). The lowest BCUT2D eigenvalue weighted by molar-refractivity contribution is 0.102. The molecule has 0 fully saturated rings. The molecular formula is C24H21BrN2O2S. The number of hydrogen-bond donors (Lipinski definition) is 1. The Morgan fingerprint density at radius 2 is 1.83 bits per heavy atom. The highest BCUT2D eigenvalue weighted by Crippen LogP contribution is 2.31. The highest BCUT2D eigenvalue weighted by atomic mass is 79.9. The predicted octanol–water partition coefficient (Wildman–Crippen LogP) is 7.07. The van der Waals surface area contributed by atoms with E-state index in [9.17, 15) is 4.79 Å². The van der Waals surface area contributed by atoms with E-state index in [1.807, 2.05) is 50.2 Å². The van der Waals surface area contributed by atoms with Gasteiger partial charge in [-0.1, -0.05) is 22.0 Å².